The SMILES string of the molecule is CC(c1cnccn1)N(C)CC1CCCNC1.Cl. The third kappa shape index (κ3) is 4.19. The topological polar surface area (TPSA) is 41.1 Å². The Balaban J connectivity index is 0.00000162. The van der Waals surface area contributed by atoms with Crippen molar-refractivity contribution in [2.75, 3.05) is 26.7 Å². The first kappa shape index (κ1) is 15.3. The molecular formula is C13H23ClN4. The maximum atomic E-state index is 4.37. The number of halogens is 1. The fourth-order valence-electron chi connectivity index (χ4n) is 2.40. The molecule has 18 heavy (non-hydrogen) atoms. The molecule has 1 aliphatic rings. The third-order valence-electron chi connectivity index (χ3n) is 3.62. The highest BCUT2D eigenvalue weighted by Gasteiger charge is 2.19. The van der Waals surface area contributed by atoms with Gasteiger partial charge in [0.25, 0.3) is 0 Å². The van der Waals surface area contributed by atoms with Crippen LogP contribution < -0.4 is 5.32 Å². The molecule has 0 amide bonds. The molecule has 0 saturated carbocycles. The largest absolute Gasteiger partial charge is 0.316 e. The molecular weight excluding hydrogens is 248 g/mol. The maximum absolute atomic E-state index is 4.37. The van der Waals surface area contributed by atoms with Crippen LogP contribution in [0.1, 0.15) is 31.5 Å². The highest BCUT2D eigenvalue weighted by molar-refractivity contribution is 5.85. The minimum absolute atomic E-state index is 0. The lowest BCUT2D eigenvalue weighted by atomic mass is 9.98. The third-order valence-corrected chi connectivity index (χ3v) is 3.62. The standard InChI is InChI=1S/C13H22N4.ClH/c1-11(13-9-15-6-7-16-13)17(2)10-12-4-3-5-14-8-12;/h6-7,9,11-12,14H,3-5,8,10H2,1-2H3;1H. The number of rotatable bonds is 4. The molecule has 1 aliphatic heterocycles. The Labute approximate surface area is 116 Å². The van der Waals surface area contributed by atoms with Gasteiger partial charge in [-0.3, -0.25) is 14.9 Å². The van der Waals surface area contributed by atoms with Crippen LogP contribution >= 0.6 is 12.4 Å². The van der Waals surface area contributed by atoms with Crippen LogP contribution in [-0.4, -0.2) is 41.5 Å². The van der Waals surface area contributed by atoms with Gasteiger partial charge in [0.15, 0.2) is 0 Å². The lowest BCUT2D eigenvalue weighted by molar-refractivity contribution is 0.196. The molecule has 5 heteroatoms. The summed E-state index contributed by atoms with van der Waals surface area (Å²) in [5.74, 6) is 0.771. The van der Waals surface area contributed by atoms with E-state index >= 15 is 0 Å². The normalized spacial score (nSPS) is 21.4. The van der Waals surface area contributed by atoms with E-state index in [1.54, 1.807) is 12.4 Å². The van der Waals surface area contributed by atoms with Crippen LogP contribution in [0.4, 0.5) is 0 Å². The Morgan fingerprint density at radius 2 is 2.33 bits per heavy atom. The second-order valence-electron chi connectivity index (χ2n) is 4.96. The van der Waals surface area contributed by atoms with Gasteiger partial charge in [-0.15, -0.1) is 12.4 Å². The van der Waals surface area contributed by atoms with Gasteiger partial charge in [-0.2, -0.15) is 0 Å². The van der Waals surface area contributed by atoms with E-state index in [0.29, 0.717) is 6.04 Å². The van der Waals surface area contributed by atoms with Gasteiger partial charge in [-0.25, -0.2) is 0 Å². The zero-order valence-electron chi connectivity index (χ0n) is 11.2. The molecule has 2 heterocycles. The van der Waals surface area contributed by atoms with Crippen molar-refractivity contribution in [1.29, 1.82) is 0 Å². The molecule has 4 nitrogen and oxygen atoms in total. The Kier molecular flexibility index (Phi) is 6.54. The molecule has 0 spiro atoms. The van der Waals surface area contributed by atoms with Crippen LogP contribution in [0.3, 0.4) is 0 Å². The second kappa shape index (κ2) is 7.67. The molecule has 0 radical (unpaired) electrons. The summed E-state index contributed by atoms with van der Waals surface area (Å²) in [7, 11) is 2.17. The molecule has 0 aromatic carbocycles. The lowest BCUT2D eigenvalue weighted by Crippen LogP contribution is -2.37. The van der Waals surface area contributed by atoms with E-state index in [1.807, 2.05) is 6.20 Å². The summed E-state index contributed by atoms with van der Waals surface area (Å²) >= 11 is 0. The summed E-state index contributed by atoms with van der Waals surface area (Å²) in [6.07, 6.45) is 7.99. The van der Waals surface area contributed by atoms with E-state index in [1.165, 1.54) is 19.4 Å². The lowest BCUT2D eigenvalue weighted by Gasteiger charge is -2.30. The van der Waals surface area contributed by atoms with E-state index in [9.17, 15) is 0 Å². The summed E-state index contributed by atoms with van der Waals surface area (Å²) < 4.78 is 0. The number of nitrogens with zero attached hydrogens (tertiary/aromatic N) is 3. The Bertz CT molecular complexity index is 327. The summed E-state index contributed by atoms with van der Waals surface area (Å²) in [5, 5.41) is 3.46. The smallest absolute Gasteiger partial charge is 0.0755 e. The molecule has 1 saturated heterocycles. The second-order valence-corrected chi connectivity index (χ2v) is 4.96. The van der Waals surface area contributed by atoms with Crippen LogP contribution in [0.2, 0.25) is 0 Å². The van der Waals surface area contributed by atoms with Crippen LogP contribution in [0.5, 0.6) is 0 Å². The molecule has 1 N–H and O–H groups in total. The van der Waals surface area contributed by atoms with Gasteiger partial charge in [0.05, 0.1) is 11.7 Å². The van der Waals surface area contributed by atoms with Crippen LogP contribution in [0.25, 0.3) is 0 Å². The van der Waals surface area contributed by atoms with E-state index in [4.69, 9.17) is 0 Å². The molecule has 2 unspecified atom stereocenters. The van der Waals surface area contributed by atoms with Crippen molar-refractivity contribution in [3.63, 3.8) is 0 Å². The van der Waals surface area contributed by atoms with Gasteiger partial charge >= 0.3 is 0 Å². The summed E-state index contributed by atoms with van der Waals surface area (Å²) in [6, 6.07) is 0.339. The fourth-order valence-corrected chi connectivity index (χ4v) is 2.40. The molecule has 0 bridgehead atoms. The van der Waals surface area contributed by atoms with Crippen LogP contribution in [0, 0.1) is 5.92 Å². The number of nitrogens with one attached hydrogen (secondary N) is 1. The van der Waals surface area contributed by atoms with E-state index in [2.05, 4.69) is 34.2 Å². The molecule has 102 valence electrons. The first-order valence-corrected chi connectivity index (χ1v) is 6.44. The minimum atomic E-state index is 0. The monoisotopic (exact) mass is 270 g/mol. The van der Waals surface area contributed by atoms with E-state index in [0.717, 1.165) is 24.7 Å². The zero-order chi connectivity index (χ0) is 12.1. The summed E-state index contributed by atoms with van der Waals surface area (Å²) in [4.78, 5) is 10.9. The molecule has 2 atom stereocenters. The van der Waals surface area contributed by atoms with Crippen molar-refractivity contribution >= 4 is 12.4 Å². The number of hydrogen-bond donors (Lipinski definition) is 1. The van der Waals surface area contributed by atoms with E-state index < -0.39 is 0 Å². The predicted octanol–water partition coefficient (Wildman–Crippen LogP) is 1.89. The van der Waals surface area contributed by atoms with Crippen molar-refractivity contribution in [3.8, 4) is 0 Å². The quantitative estimate of drug-likeness (QED) is 0.907. The molecule has 1 aromatic rings. The van der Waals surface area contributed by atoms with Crippen molar-refractivity contribution < 1.29 is 0 Å². The van der Waals surface area contributed by atoms with Gasteiger partial charge in [0.1, 0.15) is 0 Å². The molecule has 0 aliphatic carbocycles. The predicted molar refractivity (Wildman–Crippen MR) is 75.9 cm³/mol. The zero-order valence-corrected chi connectivity index (χ0v) is 12.0. The van der Waals surface area contributed by atoms with Crippen molar-refractivity contribution in [3.05, 3.63) is 24.3 Å². The Morgan fingerprint density at radius 3 is 2.94 bits per heavy atom. The Hall–Kier alpha value is -0.710. The van der Waals surface area contributed by atoms with Crippen molar-refractivity contribution in [2.45, 2.75) is 25.8 Å². The highest BCUT2D eigenvalue weighted by atomic mass is 35.5. The molecule has 2 rings (SSSR count). The first-order chi connectivity index (χ1) is 8.27. The molecule has 1 fully saturated rings. The number of piperidine rings is 1. The van der Waals surface area contributed by atoms with Gasteiger partial charge in [0.2, 0.25) is 0 Å². The Morgan fingerprint density at radius 1 is 1.50 bits per heavy atom. The van der Waals surface area contributed by atoms with Crippen molar-refractivity contribution in [2.24, 2.45) is 5.92 Å². The van der Waals surface area contributed by atoms with Gasteiger partial charge in [-0.1, -0.05) is 0 Å². The molecule has 1 aromatic heterocycles. The number of aromatic nitrogens is 2. The van der Waals surface area contributed by atoms with E-state index in [-0.39, 0.29) is 12.4 Å². The summed E-state index contributed by atoms with van der Waals surface area (Å²) in [5.41, 5.74) is 1.05. The van der Waals surface area contributed by atoms with Crippen molar-refractivity contribution in [1.82, 2.24) is 20.2 Å². The van der Waals surface area contributed by atoms with Gasteiger partial charge in [0, 0.05) is 25.1 Å². The minimum Gasteiger partial charge on any atom is -0.316 e. The first-order valence-electron chi connectivity index (χ1n) is 6.44. The average molecular weight is 271 g/mol. The fraction of sp³-hybridized carbons (Fsp3) is 0.692. The van der Waals surface area contributed by atoms with Gasteiger partial charge in [-0.05, 0) is 45.8 Å². The maximum Gasteiger partial charge on any atom is 0.0755 e. The number of hydrogen-bond acceptors (Lipinski definition) is 4. The van der Waals surface area contributed by atoms with Gasteiger partial charge < -0.3 is 5.32 Å². The highest BCUT2D eigenvalue weighted by Crippen LogP contribution is 2.19. The average Bonchev–Trinajstić information content (AvgIpc) is 2.40. The van der Waals surface area contributed by atoms with Crippen LogP contribution in [-0.2, 0) is 0 Å². The van der Waals surface area contributed by atoms with Crippen LogP contribution in [0.15, 0.2) is 18.6 Å². The summed E-state index contributed by atoms with van der Waals surface area (Å²) in [6.45, 7) is 5.66.